The molecule has 1 fully saturated rings. The van der Waals surface area contributed by atoms with Crippen molar-refractivity contribution in [3.8, 4) is 11.8 Å². The van der Waals surface area contributed by atoms with E-state index < -0.39 is 22.3 Å². The van der Waals surface area contributed by atoms with E-state index >= 15 is 0 Å². The van der Waals surface area contributed by atoms with Crippen molar-refractivity contribution in [2.45, 2.75) is 13.0 Å². The summed E-state index contributed by atoms with van der Waals surface area (Å²) in [6, 6.07) is 2.88. The maximum absolute atomic E-state index is 12.8. The summed E-state index contributed by atoms with van der Waals surface area (Å²) < 4.78 is 24.6. The van der Waals surface area contributed by atoms with Gasteiger partial charge in [0.2, 0.25) is 5.91 Å². The van der Waals surface area contributed by atoms with Gasteiger partial charge < -0.3 is 9.80 Å². The van der Waals surface area contributed by atoms with Crippen LogP contribution in [0.5, 0.6) is 0 Å². The number of piperazine rings is 1. The van der Waals surface area contributed by atoms with Crippen molar-refractivity contribution in [1.82, 2.24) is 14.1 Å². The first-order valence-corrected chi connectivity index (χ1v) is 10.8. The van der Waals surface area contributed by atoms with Crippen LogP contribution in [0.3, 0.4) is 0 Å². The Balaban J connectivity index is 2.18. The maximum Gasteiger partial charge on any atom is 0.335 e. The number of carbonyl (C=O) groups is 2. The van der Waals surface area contributed by atoms with Gasteiger partial charge >= 0.3 is 16.2 Å². The smallest absolute Gasteiger partial charge is 0.335 e. The normalized spacial score (nSPS) is 15.2. The molecule has 1 aliphatic heterocycles. The van der Waals surface area contributed by atoms with Gasteiger partial charge in [0.1, 0.15) is 6.04 Å². The summed E-state index contributed by atoms with van der Waals surface area (Å²) in [4.78, 5) is 27.3. The van der Waals surface area contributed by atoms with Gasteiger partial charge in [-0.2, -0.15) is 12.7 Å². The van der Waals surface area contributed by atoms with Crippen LogP contribution in [0.25, 0.3) is 0 Å². The van der Waals surface area contributed by atoms with E-state index in [0.29, 0.717) is 19.9 Å². The van der Waals surface area contributed by atoms with Gasteiger partial charge in [0, 0.05) is 31.7 Å². The quantitative estimate of drug-likeness (QED) is 0.549. The molecule has 0 saturated carbocycles. The number of hydrogen-bond donors (Lipinski definition) is 1. The fraction of sp³-hybridized carbons (Fsp3) is 0.333. The molecule has 2 N–H and O–H groups in total. The SMILES string of the molecule is C=CC(=O)N1CCN(C(=O)N(C(C)C#Cc2ccc(Cl)c(Cl)c2)S(N)(=O)=O)CC1. The lowest BCUT2D eigenvalue weighted by atomic mass is 10.2. The van der Waals surface area contributed by atoms with Gasteiger partial charge in [-0.15, -0.1) is 0 Å². The molecule has 1 aromatic carbocycles. The number of amides is 3. The van der Waals surface area contributed by atoms with Crippen molar-refractivity contribution in [2.24, 2.45) is 5.14 Å². The molecule has 2 rings (SSSR count). The third kappa shape index (κ3) is 5.87. The van der Waals surface area contributed by atoms with Gasteiger partial charge in [-0.3, -0.25) is 4.79 Å². The largest absolute Gasteiger partial charge is 0.336 e. The summed E-state index contributed by atoms with van der Waals surface area (Å²) >= 11 is 11.8. The summed E-state index contributed by atoms with van der Waals surface area (Å²) in [6.07, 6.45) is 1.19. The Bertz CT molecular complexity index is 979. The second-order valence-corrected chi connectivity index (χ2v) is 8.45. The molecule has 1 atom stereocenters. The third-order valence-electron chi connectivity index (χ3n) is 4.20. The number of halogens is 2. The van der Waals surface area contributed by atoms with Crippen molar-refractivity contribution in [3.05, 3.63) is 46.5 Å². The maximum atomic E-state index is 12.8. The Morgan fingerprint density at radius 3 is 2.31 bits per heavy atom. The van der Waals surface area contributed by atoms with Crippen LogP contribution < -0.4 is 5.14 Å². The summed E-state index contributed by atoms with van der Waals surface area (Å²) in [5.74, 6) is 5.21. The number of nitrogens with two attached hydrogens (primary N) is 1. The first-order valence-electron chi connectivity index (χ1n) is 8.53. The lowest BCUT2D eigenvalue weighted by molar-refractivity contribution is -0.127. The predicted molar refractivity (Wildman–Crippen MR) is 111 cm³/mol. The fourth-order valence-corrected chi connectivity index (χ4v) is 3.83. The minimum absolute atomic E-state index is 0.164. The summed E-state index contributed by atoms with van der Waals surface area (Å²) in [5, 5.41) is 5.93. The van der Waals surface area contributed by atoms with Gasteiger partial charge in [-0.05, 0) is 31.2 Å². The molecular formula is C18H20Cl2N4O4S. The molecule has 0 spiro atoms. The van der Waals surface area contributed by atoms with Gasteiger partial charge in [0.25, 0.3) is 0 Å². The molecule has 1 aromatic rings. The summed E-state index contributed by atoms with van der Waals surface area (Å²) in [6.45, 7) is 5.72. The monoisotopic (exact) mass is 458 g/mol. The molecule has 8 nitrogen and oxygen atoms in total. The Labute approximate surface area is 180 Å². The van der Waals surface area contributed by atoms with E-state index in [4.69, 9.17) is 28.3 Å². The number of benzene rings is 1. The van der Waals surface area contributed by atoms with Crippen LogP contribution in [0.15, 0.2) is 30.9 Å². The molecule has 1 heterocycles. The molecule has 0 radical (unpaired) electrons. The van der Waals surface area contributed by atoms with Crippen LogP contribution in [0, 0.1) is 11.8 Å². The fourth-order valence-electron chi connectivity index (χ4n) is 2.70. The molecule has 156 valence electrons. The zero-order valence-corrected chi connectivity index (χ0v) is 18.0. The van der Waals surface area contributed by atoms with Gasteiger partial charge in [0.05, 0.1) is 10.0 Å². The molecule has 1 unspecified atom stereocenters. The van der Waals surface area contributed by atoms with Gasteiger partial charge in [0.15, 0.2) is 0 Å². The van der Waals surface area contributed by atoms with Gasteiger partial charge in [-0.1, -0.05) is 41.6 Å². The first kappa shape index (κ1) is 23.0. The second kappa shape index (κ2) is 9.50. The zero-order chi connectivity index (χ0) is 21.8. The van der Waals surface area contributed by atoms with E-state index in [1.807, 2.05) is 0 Å². The molecule has 0 bridgehead atoms. The highest BCUT2D eigenvalue weighted by Gasteiger charge is 2.34. The minimum Gasteiger partial charge on any atom is -0.336 e. The average molecular weight is 459 g/mol. The molecule has 0 aromatic heterocycles. The van der Waals surface area contributed by atoms with E-state index in [0.717, 1.165) is 0 Å². The average Bonchev–Trinajstić information content (AvgIpc) is 2.67. The number of nitrogens with zero attached hydrogens (tertiary/aromatic N) is 3. The van der Waals surface area contributed by atoms with Crippen LogP contribution in [-0.2, 0) is 15.0 Å². The molecule has 1 saturated heterocycles. The first-order chi connectivity index (χ1) is 13.5. The highest BCUT2D eigenvalue weighted by Crippen LogP contribution is 2.22. The van der Waals surface area contributed by atoms with Crippen molar-refractivity contribution < 1.29 is 18.0 Å². The standard InChI is InChI=1S/C18H20Cl2N4O4S/c1-3-17(25)22-8-10-23(11-9-22)18(26)24(29(21,27)28)13(2)4-5-14-6-7-15(19)16(20)12-14/h3,6-7,12-13H,1,8-11H2,2H3,(H2,21,27,28). The molecule has 11 heteroatoms. The molecular weight excluding hydrogens is 439 g/mol. The van der Waals surface area contributed by atoms with Crippen LogP contribution in [0.2, 0.25) is 10.0 Å². The van der Waals surface area contributed by atoms with Crippen molar-refractivity contribution >= 4 is 45.3 Å². The molecule has 0 aliphatic carbocycles. The van der Waals surface area contributed by atoms with E-state index in [2.05, 4.69) is 18.4 Å². The van der Waals surface area contributed by atoms with E-state index in [9.17, 15) is 18.0 Å². The van der Waals surface area contributed by atoms with E-state index in [-0.39, 0.29) is 32.1 Å². The lowest BCUT2D eigenvalue weighted by Gasteiger charge is -2.37. The van der Waals surface area contributed by atoms with E-state index in [1.165, 1.54) is 28.9 Å². The Morgan fingerprint density at radius 2 is 1.79 bits per heavy atom. The summed E-state index contributed by atoms with van der Waals surface area (Å²) in [7, 11) is -4.37. The third-order valence-corrected chi connectivity index (χ3v) is 5.96. The van der Waals surface area contributed by atoms with Gasteiger partial charge in [-0.25, -0.2) is 9.93 Å². The lowest BCUT2D eigenvalue weighted by Crippen LogP contribution is -2.57. The van der Waals surface area contributed by atoms with Crippen molar-refractivity contribution in [1.29, 1.82) is 0 Å². The summed E-state index contributed by atoms with van der Waals surface area (Å²) in [5.41, 5.74) is 0.504. The van der Waals surface area contributed by atoms with Crippen LogP contribution >= 0.6 is 23.2 Å². The van der Waals surface area contributed by atoms with Crippen LogP contribution in [0.4, 0.5) is 4.79 Å². The highest BCUT2D eigenvalue weighted by molar-refractivity contribution is 7.87. The van der Waals surface area contributed by atoms with Crippen LogP contribution in [-0.4, -0.2) is 66.7 Å². The number of carbonyl (C=O) groups excluding carboxylic acids is 2. The predicted octanol–water partition coefficient (Wildman–Crippen LogP) is 1.69. The van der Waals surface area contributed by atoms with Crippen molar-refractivity contribution in [2.75, 3.05) is 26.2 Å². The minimum atomic E-state index is -4.37. The number of urea groups is 1. The number of rotatable bonds is 3. The van der Waals surface area contributed by atoms with E-state index in [1.54, 1.807) is 12.1 Å². The van der Waals surface area contributed by atoms with Crippen LogP contribution in [0.1, 0.15) is 12.5 Å². The molecule has 29 heavy (non-hydrogen) atoms. The zero-order valence-electron chi connectivity index (χ0n) is 15.6. The molecule has 1 aliphatic rings. The highest BCUT2D eigenvalue weighted by atomic mass is 35.5. The second-order valence-electron chi connectivity index (χ2n) is 6.21. The number of hydrogen-bond acceptors (Lipinski definition) is 4. The molecule has 3 amide bonds. The van der Waals surface area contributed by atoms with Crippen molar-refractivity contribution in [3.63, 3.8) is 0 Å². The topological polar surface area (TPSA) is 104 Å². The Hall–Kier alpha value is -2.25. The Morgan fingerprint density at radius 1 is 1.21 bits per heavy atom. The Kier molecular flexibility index (Phi) is 7.54.